The maximum absolute atomic E-state index is 12.7. The van der Waals surface area contributed by atoms with Gasteiger partial charge in [-0.05, 0) is 30.5 Å². The Labute approximate surface area is 137 Å². The van der Waals surface area contributed by atoms with Gasteiger partial charge in [0.2, 0.25) is 0 Å². The number of hydrogen-bond donors (Lipinski definition) is 1. The molecule has 1 fully saturated rings. The lowest BCUT2D eigenvalue weighted by atomic mass is 9.89. The van der Waals surface area contributed by atoms with Crippen LogP contribution in [0.3, 0.4) is 0 Å². The number of carbonyl (C=O) groups is 1. The average Bonchev–Trinajstić information content (AvgIpc) is 3.11. The minimum Gasteiger partial charge on any atom is -0.390 e. The molecule has 1 saturated heterocycles. The van der Waals surface area contributed by atoms with Crippen LogP contribution in [0.2, 0.25) is 0 Å². The first kappa shape index (κ1) is 15.8. The molecule has 3 heteroatoms. The average molecular weight is 309 g/mol. The van der Waals surface area contributed by atoms with Crippen LogP contribution in [0, 0.1) is 0 Å². The van der Waals surface area contributed by atoms with E-state index < -0.39 is 6.10 Å². The first-order valence-corrected chi connectivity index (χ1v) is 8.27. The zero-order chi connectivity index (χ0) is 16.2. The van der Waals surface area contributed by atoms with Crippen LogP contribution in [0.5, 0.6) is 0 Å². The smallest absolute Gasteiger partial charge is 0.254 e. The Kier molecular flexibility index (Phi) is 4.77. The molecule has 2 aromatic rings. The highest BCUT2D eigenvalue weighted by Crippen LogP contribution is 2.30. The standard InChI is InChI=1S/C20H23NO2/c1-15(16-9-4-2-5-10-16)19(22)18-13-8-14-21(18)20(23)17-11-6-3-7-12-17/h2-7,9-12,15,18-19,22H,8,13-14H2,1H3/t15?,18-,19?/m1/s1. The molecule has 3 atom stereocenters. The summed E-state index contributed by atoms with van der Waals surface area (Å²) < 4.78 is 0. The summed E-state index contributed by atoms with van der Waals surface area (Å²) in [7, 11) is 0. The predicted molar refractivity (Wildman–Crippen MR) is 91.4 cm³/mol. The van der Waals surface area contributed by atoms with Crippen molar-refractivity contribution >= 4 is 5.91 Å². The summed E-state index contributed by atoms with van der Waals surface area (Å²) in [4.78, 5) is 14.6. The molecular weight excluding hydrogens is 286 g/mol. The molecule has 1 aliphatic heterocycles. The van der Waals surface area contributed by atoms with Gasteiger partial charge in [-0.15, -0.1) is 0 Å². The van der Waals surface area contributed by atoms with E-state index >= 15 is 0 Å². The van der Waals surface area contributed by atoms with E-state index in [0.29, 0.717) is 5.56 Å². The zero-order valence-electron chi connectivity index (χ0n) is 13.4. The molecule has 23 heavy (non-hydrogen) atoms. The number of aliphatic hydroxyl groups excluding tert-OH is 1. The lowest BCUT2D eigenvalue weighted by molar-refractivity contribution is 0.0414. The SMILES string of the molecule is CC(c1ccccc1)C(O)[C@H]1CCCN1C(=O)c1ccccc1. The van der Waals surface area contributed by atoms with E-state index in [-0.39, 0.29) is 17.9 Å². The maximum Gasteiger partial charge on any atom is 0.254 e. The number of hydrogen-bond acceptors (Lipinski definition) is 2. The van der Waals surface area contributed by atoms with E-state index in [0.717, 1.165) is 24.9 Å². The summed E-state index contributed by atoms with van der Waals surface area (Å²) in [6, 6.07) is 19.2. The molecule has 2 aromatic carbocycles. The molecule has 0 bridgehead atoms. The zero-order valence-corrected chi connectivity index (χ0v) is 13.4. The van der Waals surface area contributed by atoms with Crippen molar-refractivity contribution in [1.82, 2.24) is 4.90 Å². The maximum atomic E-state index is 12.7. The molecule has 3 nitrogen and oxygen atoms in total. The van der Waals surface area contributed by atoms with Gasteiger partial charge >= 0.3 is 0 Å². The van der Waals surface area contributed by atoms with E-state index in [4.69, 9.17) is 0 Å². The Balaban J connectivity index is 1.77. The van der Waals surface area contributed by atoms with E-state index in [1.54, 1.807) is 0 Å². The molecule has 1 aliphatic rings. The predicted octanol–water partition coefficient (Wildman–Crippen LogP) is 3.46. The number of aliphatic hydroxyl groups is 1. The van der Waals surface area contributed by atoms with Crippen molar-refractivity contribution < 1.29 is 9.90 Å². The Bertz CT molecular complexity index is 641. The molecule has 1 amide bonds. The monoisotopic (exact) mass is 309 g/mol. The molecule has 0 aliphatic carbocycles. The van der Waals surface area contributed by atoms with Gasteiger partial charge in [-0.2, -0.15) is 0 Å². The fourth-order valence-corrected chi connectivity index (χ4v) is 3.43. The topological polar surface area (TPSA) is 40.5 Å². The third kappa shape index (κ3) is 3.30. The lowest BCUT2D eigenvalue weighted by Crippen LogP contribution is -2.44. The molecule has 120 valence electrons. The van der Waals surface area contributed by atoms with Crippen LogP contribution in [0.4, 0.5) is 0 Å². The fraction of sp³-hybridized carbons (Fsp3) is 0.350. The van der Waals surface area contributed by atoms with E-state index in [1.165, 1.54) is 0 Å². The van der Waals surface area contributed by atoms with Crippen molar-refractivity contribution in [3.63, 3.8) is 0 Å². The van der Waals surface area contributed by atoms with Crippen LogP contribution < -0.4 is 0 Å². The van der Waals surface area contributed by atoms with Crippen LogP contribution >= 0.6 is 0 Å². The lowest BCUT2D eigenvalue weighted by Gasteiger charge is -2.32. The Morgan fingerprint density at radius 2 is 1.70 bits per heavy atom. The summed E-state index contributed by atoms with van der Waals surface area (Å²) in [5.74, 6) is 0.0257. The molecular formula is C20H23NO2. The first-order valence-electron chi connectivity index (χ1n) is 8.27. The molecule has 0 radical (unpaired) electrons. The van der Waals surface area contributed by atoms with E-state index in [1.807, 2.05) is 72.5 Å². The largest absolute Gasteiger partial charge is 0.390 e. The van der Waals surface area contributed by atoms with Crippen LogP contribution in [-0.4, -0.2) is 34.6 Å². The molecule has 2 unspecified atom stereocenters. The highest BCUT2D eigenvalue weighted by atomic mass is 16.3. The van der Waals surface area contributed by atoms with Crippen molar-refractivity contribution in [2.45, 2.75) is 37.8 Å². The minimum absolute atomic E-state index is 0.00498. The van der Waals surface area contributed by atoms with Gasteiger partial charge in [-0.3, -0.25) is 4.79 Å². The second-order valence-electron chi connectivity index (χ2n) is 6.26. The van der Waals surface area contributed by atoms with Crippen molar-refractivity contribution in [3.05, 3.63) is 71.8 Å². The molecule has 1 N–H and O–H groups in total. The number of benzene rings is 2. The second-order valence-corrected chi connectivity index (χ2v) is 6.26. The number of likely N-dealkylation sites (tertiary alicyclic amines) is 1. The van der Waals surface area contributed by atoms with Gasteiger partial charge in [0, 0.05) is 18.0 Å². The van der Waals surface area contributed by atoms with Crippen molar-refractivity contribution in [2.75, 3.05) is 6.54 Å². The molecule has 1 heterocycles. The van der Waals surface area contributed by atoms with Crippen molar-refractivity contribution in [3.8, 4) is 0 Å². The Morgan fingerprint density at radius 1 is 1.09 bits per heavy atom. The van der Waals surface area contributed by atoms with E-state index in [2.05, 4.69) is 0 Å². The fourth-order valence-electron chi connectivity index (χ4n) is 3.43. The molecule has 0 saturated carbocycles. The summed E-state index contributed by atoms with van der Waals surface area (Å²) in [6.45, 7) is 2.75. The summed E-state index contributed by atoms with van der Waals surface area (Å²) in [6.07, 6.45) is 1.26. The molecule has 0 aromatic heterocycles. The first-order chi connectivity index (χ1) is 11.2. The summed E-state index contributed by atoms with van der Waals surface area (Å²) in [5, 5.41) is 10.8. The number of amides is 1. The van der Waals surface area contributed by atoms with Gasteiger partial charge in [0.15, 0.2) is 0 Å². The van der Waals surface area contributed by atoms with Gasteiger partial charge in [0.25, 0.3) is 5.91 Å². The van der Waals surface area contributed by atoms with Crippen LogP contribution in [0.25, 0.3) is 0 Å². The highest BCUT2D eigenvalue weighted by Gasteiger charge is 2.36. The summed E-state index contributed by atoms with van der Waals surface area (Å²) in [5.41, 5.74) is 1.80. The highest BCUT2D eigenvalue weighted by molar-refractivity contribution is 5.94. The van der Waals surface area contributed by atoms with Gasteiger partial charge in [-0.25, -0.2) is 0 Å². The van der Waals surface area contributed by atoms with Crippen LogP contribution in [0.15, 0.2) is 60.7 Å². The normalized spacial score (nSPS) is 20.3. The second kappa shape index (κ2) is 6.97. The molecule has 0 spiro atoms. The van der Waals surface area contributed by atoms with Gasteiger partial charge in [0.05, 0.1) is 12.1 Å². The van der Waals surface area contributed by atoms with Crippen molar-refractivity contribution in [1.29, 1.82) is 0 Å². The Hall–Kier alpha value is -2.13. The Morgan fingerprint density at radius 3 is 2.35 bits per heavy atom. The van der Waals surface area contributed by atoms with Gasteiger partial charge in [-0.1, -0.05) is 55.5 Å². The number of rotatable bonds is 4. The quantitative estimate of drug-likeness (QED) is 0.939. The summed E-state index contributed by atoms with van der Waals surface area (Å²) >= 11 is 0. The van der Waals surface area contributed by atoms with Crippen LogP contribution in [-0.2, 0) is 0 Å². The third-order valence-corrected chi connectivity index (χ3v) is 4.81. The minimum atomic E-state index is -0.549. The van der Waals surface area contributed by atoms with Crippen LogP contribution in [0.1, 0.15) is 41.6 Å². The molecule has 3 rings (SSSR count). The van der Waals surface area contributed by atoms with Gasteiger partial charge < -0.3 is 10.0 Å². The van der Waals surface area contributed by atoms with Gasteiger partial charge in [0.1, 0.15) is 0 Å². The van der Waals surface area contributed by atoms with Crippen molar-refractivity contribution in [2.24, 2.45) is 0 Å². The number of nitrogens with zero attached hydrogens (tertiary/aromatic N) is 1. The van der Waals surface area contributed by atoms with E-state index in [9.17, 15) is 9.90 Å². The third-order valence-electron chi connectivity index (χ3n) is 4.81. The number of carbonyl (C=O) groups excluding carboxylic acids is 1.